The van der Waals surface area contributed by atoms with Crippen LogP contribution in [0, 0.1) is 6.92 Å². The van der Waals surface area contributed by atoms with Crippen molar-refractivity contribution < 1.29 is 9.90 Å². The smallest absolute Gasteiger partial charge is 0.252 e. The van der Waals surface area contributed by atoms with Gasteiger partial charge in [-0.2, -0.15) is 0 Å². The molecule has 0 aliphatic heterocycles. The minimum atomic E-state index is -0.160. The molecule has 0 fully saturated rings. The Hall–Kier alpha value is -2.49. The van der Waals surface area contributed by atoms with Crippen LogP contribution in [0.4, 0.5) is 5.69 Å². The van der Waals surface area contributed by atoms with Gasteiger partial charge >= 0.3 is 0 Å². The molecule has 0 aromatic heterocycles. The maximum Gasteiger partial charge on any atom is 0.252 e. The fourth-order valence-corrected chi connectivity index (χ4v) is 2.05. The zero-order chi connectivity index (χ0) is 14.7. The van der Waals surface area contributed by atoms with Gasteiger partial charge in [-0.25, -0.2) is 0 Å². The first-order chi connectivity index (χ1) is 9.47. The second-order valence-corrected chi connectivity index (χ2v) is 4.86. The van der Waals surface area contributed by atoms with Crippen molar-refractivity contribution in [3.05, 3.63) is 59.2 Å². The second kappa shape index (κ2) is 5.65. The van der Waals surface area contributed by atoms with E-state index in [1.165, 1.54) is 6.07 Å². The maximum absolute atomic E-state index is 12.2. The summed E-state index contributed by atoms with van der Waals surface area (Å²) in [6.45, 7) is 3.71. The minimum absolute atomic E-state index is 0.115. The lowest BCUT2D eigenvalue weighted by Crippen LogP contribution is -2.27. The fraction of sp³-hybridized carbons (Fsp3) is 0.188. The molecule has 0 saturated heterocycles. The molecule has 104 valence electrons. The molecule has 4 N–H and O–H groups in total. The number of phenolic OH excluding ortho intramolecular Hbond substituents is 1. The van der Waals surface area contributed by atoms with Crippen LogP contribution in [-0.4, -0.2) is 11.0 Å². The zero-order valence-corrected chi connectivity index (χ0v) is 11.6. The highest BCUT2D eigenvalue weighted by atomic mass is 16.3. The number of aryl methyl sites for hydroxylation is 1. The van der Waals surface area contributed by atoms with Crippen LogP contribution in [-0.2, 0) is 0 Å². The first-order valence-corrected chi connectivity index (χ1v) is 6.43. The highest BCUT2D eigenvalue weighted by molar-refractivity contribution is 5.96. The first kappa shape index (κ1) is 13.9. The summed E-state index contributed by atoms with van der Waals surface area (Å²) in [7, 11) is 0. The van der Waals surface area contributed by atoms with Gasteiger partial charge in [0, 0.05) is 11.3 Å². The van der Waals surface area contributed by atoms with E-state index in [1.54, 1.807) is 19.1 Å². The van der Waals surface area contributed by atoms with Gasteiger partial charge in [0.1, 0.15) is 5.75 Å². The van der Waals surface area contributed by atoms with Gasteiger partial charge in [0.05, 0.1) is 6.04 Å². The molecule has 0 heterocycles. The standard InChI is InChI=1S/C16H18N2O2/c1-10-9-14(19)7-8-15(10)16(20)18-11(2)12-3-5-13(17)6-4-12/h3-9,11,19H,17H2,1-2H3,(H,18,20). The van der Waals surface area contributed by atoms with Gasteiger partial charge in [0.2, 0.25) is 0 Å². The van der Waals surface area contributed by atoms with Gasteiger partial charge in [-0.3, -0.25) is 4.79 Å². The van der Waals surface area contributed by atoms with Gasteiger partial charge in [0.15, 0.2) is 0 Å². The van der Waals surface area contributed by atoms with Crippen LogP contribution in [0.5, 0.6) is 5.75 Å². The molecule has 0 radical (unpaired) electrons. The largest absolute Gasteiger partial charge is 0.508 e. The third-order valence-corrected chi connectivity index (χ3v) is 3.24. The van der Waals surface area contributed by atoms with Crippen molar-refractivity contribution in [2.45, 2.75) is 19.9 Å². The van der Waals surface area contributed by atoms with Crippen molar-refractivity contribution in [1.29, 1.82) is 0 Å². The summed E-state index contributed by atoms with van der Waals surface area (Å²) < 4.78 is 0. The van der Waals surface area contributed by atoms with Gasteiger partial charge in [-0.15, -0.1) is 0 Å². The average Bonchev–Trinajstić information content (AvgIpc) is 2.39. The number of anilines is 1. The van der Waals surface area contributed by atoms with E-state index in [0.29, 0.717) is 11.3 Å². The fourth-order valence-electron chi connectivity index (χ4n) is 2.05. The summed E-state index contributed by atoms with van der Waals surface area (Å²) in [5, 5.41) is 12.3. The molecule has 2 aromatic carbocycles. The number of hydrogen-bond donors (Lipinski definition) is 3. The number of amides is 1. The van der Waals surface area contributed by atoms with Crippen molar-refractivity contribution in [2.75, 3.05) is 5.73 Å². The van der Waals surface area contributed by atoms with Crippen LogP contribution in [0.1, 0.15) is 34.5 Å². The summed E-state index contributed by atoms with van der Waals surface area (Å²) in [4.78, 5) is 12.2. The number of carbonyl (C=O) groups is 1. The Morgan fingerprint density at radius 1 is 1.20 bits per heavy atom. The van der Waals surface area contributed by atoms with E-state index >= 15 is 0 Å². The number of nitrogen functional groups attached to an aromatic ring is 1. The van der Waals surface area contributed by atoms with Crippen LogP contribution in [0.15, 0.2) is 42.5 Å². The third kappa shape index (κ3) is 3.09. The van der Waals surface area contributed by atoms with Gasteiger partial charge in [-0.05, 0) is 55.3 Å². The molecule has 2 aromatic rings. The highest BCUT2D eigenvalue weighted by Gasteiger charge is 2.13. The van der Waals surface area contributed by atoms with E-state index in [1.807, 2.05) is 31.2 Å². The van der Waals surface area contributed by atoms with Gasteiger partial charge in [-0.1, -0.05) is 12.1 Å². The van der Waals surface area contributed by atoms with E-state index in [4.69, 9.17) is 5.73 Å². The highest BCUT2D eigenvalue weighted by Crippen LogP contribution is 2.18. The molecule has 1 unspecified atom stereocenters. The molecule has 0 aliphatic carbocycles. The molecule has 1 atom stereocenters. The van der Waals surface area contributed by atoms with E-state index in [-0.39, 0.29) is 17.7 Å². The Labute approximate surface area is 118 Å². The summed E-state index contributed by atoms with van der Waals surface area (Å²) in [5.41, 5.74) is 8.63. The molecule has 20 heavy (non-hydrogen) atoms. The van der Waals surface area contributed by atoms with Crippen LogP contribution in [0.25, 0.3) is 0 Å². The predicted octanol–water partition coefficient (Wildman–Crippen LogP) is 2.77. The Balaban J connectivity index is 2.13. The molecule has 0 spiro atoms. The number of nitrogens with one attached hydrogen (secondary N) is 1. The summed E-state index contributed by atoms with van der Waals surface area (Å²) >= 11 is 0. The Morgan fingerprint density at radius 3 is 2.45 bits per heavy atom. The van der Waals surface area contributed by atoms with E-state index in [0.717, 1.165) is 11.1 Å². The van der Waals surface area contributed by atoms with E-state index < -0.39 is 0 Å². The lowest BCUT2D eigenvalue weighted by Gasteiger charge is -2.15. The van der Waals surface area contributed by atoms with Crippen molar-refractivity contribution in [3.63, 3.8) is 0 Å². The van der Waals surface area contributed by atoms with Crippen LogP contribution >= 0.6 is 0 Å². The normalized spacial score (nSPS) is 11.9. The van der Waals surface area contributed by atoms with E-state index in [9.17, 15) is 9.90 Å². The number of carbonyl (C=O) groups excluding carboxylic acids is 1. The number of aromatic hydroxyl groups is 1. The molecule has 4 nitrogen and oxygen atoms in total. The number of benzene rings is 2. The summed E-state index contributed by atoms with van der Waals surface area (Å²) in [6, 6.07) is 12.0. The lowest BCUT2D eigenvalue weighted by atomic mass is 10.1. The maximum atomic E-state index is 12.2. The van der Waals surface area contributed by atoms with Crippen molar-refractivity contribution in [1.82, 2.24) is 5.32 Å². The molecular weight excluding hydrogens is 252 g/mol. The third-order valence-electron chi connectivity index (χ3n) is 3.24. The number of nitrogens with two attached hydrogens (primary N) is 1. The molecule has 2 rings (SSSR count). The summed E-state index contributed by atoms with van der Waals surface area (Å²) in [5.74, 6) is -0.00235. The van der Waals surface area contributed by atoms with Gasteiger partial charge in [0.25, 0.3) is 5.91 Å². The van der Waals surface area contributed by atoms with Crippen LogP contribution in [0.2, 0.25) is 0 Å². The molecule has 1 amide bonds. The SMILES string of the molecule is Cc1cc(O)ccc1C(=O)NC(C)c1ccc(N)cc1. The topological polar surface area (TPSA) is 75.3 Å². The quantitative estimate of drug-likeness (QED) is 0.751. The van der Waals surface area contributed by atoms with Crippen molar-refractivity contribution in [3.8, 4) is 5.75 Å². The Bertz CT molecular complexity index is 621. The lowest BCUT2D eigenvalue weighted by molar-refractivity contribution is 0.0939. The van der Waals surface area contributed by atoms with Crippen LogP contribution in [0.3, 0.4) is 0 Å². The Morgan fingerprint density at radius 2 is 1.85 bits per heavy atom. The average molecular weight is 270 g/mol. The number of rotatable bonds is 3. The second-order valence-electron chi connectivity index (χ2n) is 4.86. The number of hydrogen-bond acceptors (Lipinski definition) is 3. The van der Waals surface area contributed by atoms with E-state index in [2.05, 4.69) is 5.32 Å². The molecular formula is C16H18N2O2. The molecule has 4 heteroatoms. The summed E-state index contributed by atoms with van der Waals surface area (Å²) in [6.07, 6.45) is 0. The first-order valence-electron chi connectivity index (χ1n) is 6.43. The predicted molar refractivity (Wildman–Crippen MR) is 79.6 cm³/mol. The minimum Gasteiger partial charge on any atom is -0.508 e. The number of phenols is 1. The van der Waals surface area contributed by atoms with Crippen molar-refractivity contribution in [2.24, 2.45) is 0 Å². The molecule has 0 aliphatic rings. The van der Waals surface area contributed by atoms with Crippen molar-refractivity contribution >= 4 is 11.6 Å². The molecule has 0 bridgehead atoms. The molecule has 0 saturated carbocycles. The van der Waals surface area contributed by atoms with Crippen LogP contribution < -0.4 is 11.1 Å². The monoisotopic (exact) mass is 270 g/mol. The zero-order valence-electron chi connectivity index (χ0n) is 11.6. The van der Waals surface area contributed by atoms with Gasteiger partial charge < -0.3 is 16.2 Å². The Kier molecular flexibility index (Phi) is 3.94.